The first-order valence-corrected chi connectivity index (χ1v) is 8.98. The first-order chi connectivity index (χ1) is 14.5. The fourth-order valence-corrected chi connectivity index (χ4v) is 1.87. The quantitative estimate of drug-likeness (QED) is 0.373. The van der Waals surface area contributed by atoms with Gasteiger partial charge in [-0.25, -0.2) is 14.4 Å². The summed E-state index contributed by atoms with van der Waals surface area (Å²) >= 11 is 0. The Bertz CT molecular complexity index is 815. The minimum absolute atomic E-state index is 0.00667. The largest absolute Gasteiger partial charge is 0.507 e. The minimum Gasteiger partial charge on any atom is -0.507 e. The lowest BCUT2D eigenvalue weighted by Gasteiger charge is -2.10. The second-order valence-corrected chi connectivity index (χ2v) is 6.15. The van der Waals surface area contributed by atoms with Crippen LogP contribution in [0.25, 0.3) is 0 Å². The third-order valence-electron chi connectivity index (χ3n) is 3.40. The normalized spacial score (nSPS) is 11.6. The molecule has 2 unspecified atom stereocenters. The van der Waals surface area contributed by atoms with E-state index in [1.165, 1.54) is 36.4 Å². The summed E-state index contributed by atoms with van der Waals surface area (Å²) in [4.78, 5) is 31.2. The molecular formula is C21H26O10. The van der Waals surface area contributed by atoms with Crippen LogP contribution >= 0.6 is 0 Å². The van der Waals surface area contributed by atoms with Crippen LogP contribution in [-0.2, 0) is 4.74 Å². The molecule has 0 aliphatic heterocycles. The molecule has 6 N–H and O–H groups in total. The third kappa shape index (κ3) is 11.3. The molecule has 2 aromatic carbocycles. The molecule has 2 atom stereocenters. The van der Waals surface area contributed by atoms with Crippen LogP contribution in [0, 0.1) is 0 Å². The highest BCUT2D eigenvalue weighted by Crippen LogP contribution is 2.14. The Labute approximate surface area is 178 Å². The standard InChI is InChI=1S/C8H6O4.C7H6O3.C6H14O3/c9-7(10)5-3-1-2-4-6(5)8(11)12;8-6-4-2-1-3-5(6)7(9)10;1-5(8)4-9-6(2)3-7/h1-4H,(H,9,10)(H,11,12);1-4,8H,(H,9,10);5-8H,3-4H2,1-2H3. The zero-order valence-electron chi connectivity index (χ0n) is 17.0. The molecule has 0 amide bonds. The zero-order valence-corrected chi connectivity index (χ0v) is 17.0. The summed E-state index contributed by atoms with van der Waals surface area (Å²) in [6, 6.07) is 11.3. The number of aromatic hydroxyl groups is 1. The first kappa shape index (κ1) is 27.5. The summed E-state index contributed by atoms with van der Waals surface area (Å²) in [5.41, 5.74) is -0.447. The third-order valence-corrected chi connectivity index (χ3v) is 3.40. The van der Waals surface area contributed by atoms with Crippen molar-refractivity contribution in [2.75, 3.05) is 13.2 Å². The number of benzene rings is 2. The van der Waals surface area contributed by atoms with E-state index in [2.05, 4.69) is 0 Å². The summed E-state index contributed by atoms with van der Waals surface area (Å²) in [5, 5.41) is 51.5. The highest BCUT2D eigenvalue weighted by atomic mass is 16.5. The Morgan fingerprint density at radius 2 is 1.19 bits per heavy atom. The lowest BCUT2D eigenvalue weighted by Crippen LogP contribution is -2.19. The van der Waals surface area contributed by atoms with Gasteiger partial charge in [-0.1, -0.05) is 24.3 Å². The number of para-hydroxylation sites is 1. The number of aliphatic hydroxyl groups is 2. The van der Waals surface area contributed by atoms with Crippen LogP contribution in [0.15, 0.2) is 48.5 Å². The van der Waals surface area contributed by atoms with Gasteiger partial charge in [0.05, 0.1) is 36.5 Å². The number of carboxylic acids is 3. The summed E-state index contributed by atoms with van der Waals surface area (Å²) in [6.07, 6.45) is -0.612. The molecule has 31 heavy (non-hydrogen) atoms. The van der Waals surface area contributed by atoms with Crippen molar-refractivity contribution in [3.63, 3.8) is 0 Å². The summed E-state index contributed by atoms with van der Waals surface area (Å²) in [5.74, 6) is -3.77. The predicted molar refractivity (Wildman–Crippen MR) is 110 cm³/mol. The van der Waals surface area contributed by atoms with Crippen molar-refractivity contribution in [2.45, 2.75) is 26.1 Å². The predicted octanol–water partition coefficient (Wildman–Crippen LogP) is 1.94. The van der Waals surface area contributed by atoms with Crippen LogP contribution in [-0.4, -0.2) is 74.0 Å². The number of hydrogen-bond acceptors (Lipinski definition) is 7. The van der Waals surface area contributed by atoms with Gasteiger partial charge >= 0.3 is 17.9 Å². The van der Waals surface area contributed by atoms with Gasteiger partial charge in [-0.3, -0.25) is 0 Å². The van der Waals surface area contributed by atoms with E-state index in [9.17, 15) is 14.4 Å². The molecule has 0 aliphatic carbocycles. The second kappa shape index (κ2) is 14.5. The highest BCUT2D eigenvalue weighted by Gasteiger charge is 2.13. The Morgan fingerprint density at radius 1 is 0.806 bits per heavy atom. The summed E-state index contributed by atoms with van der Waals surface area (Å²) in [7, 11) is 0. The molecule has 0 saturated carbocycles. The van der Waals surface area contributed by atoms with Crippen molar-refractivity contribution in [3.8, 4) is 5.75 Å². The van der Waals surface area contributed by atoms with E-state index in [0.717, 1.165) is 0 Å². The van der Waals surface area contributed by atoms with Crippen molar-refractivity contribution >= 4 is 17.9 Å². The van der Waals surface area contributed by atoms with Crippen LogP contribution in [0.5, 0.6) is 5.75 Å². The number of aromatic carboxylic acids is 3. The lowest BCUT2D eigenvalue weighted by molar-refractivity contribution is -0.0177. The van der Waals surface area contributed by atoms with Gasteiger partial charge in [0.1, 0.15) is 11.3 Å². The van der Waals surface area contributed by atoms with E-state index >= 15 is 0 Å². The molecular weight excluding hydrogens is 412 g/mol. The van der Waals surface area contributed by atoms with Crippen molar-refractivity contribution in [1.29, 1.82) is 0 Å². The van der Waals surface area contributed by atoms with Crippen LogP contribution in [0.3, 0.4) is 0 Å². The molecule has 0 heterocycles. The molecule has 0 fully saturated rings. The van der Waals surface area contributed by atoms with Crippen LogP contribution < -0.4 is 0 Å². The Hall–Kier alpha value is -3.47. The van der Waals surface area contributed by atoms with Gasteiger partial charge in [-0.05, 0) is 38.1 Å². The smallest absolute Gasteiger partial charge is 0.339 e. The number of carbonyl (C=O) groups is 3. The van der Waals surface area contributed by atoms with Gasteiger partial charge in [0, 0.05) is 0 Å². The van der Waals surface area contributed by atoms with Gasteiger partial charge in [0.15, 0.2) is 0 Å². The topological polar surface area (TPSA) is 182 Å². The van der Waals surface area contributed by atoms with Gasteiger partial charge < -0.3 is 35.4 Å². The van der Waals surface area contributed by atoms with Crippen LogP contribution in [0.4, 0.5) is 0 Å². The fourth-order valence-electron chi connectivity index (χ4n) is 1.87. The summed E-state index contributed by atoms with van der Waals surface area (Å²) < 4.78 is 4.95. The molecule has 0 saturated heterocycles. The molecule has 0 bridgehead atoms. The van der Waals surface area contributed by atoms with E-state index in [4.69, 9.17) is 35.4 Å². The number of rotatable bonds is 7. The van der Waals surface area contributed by atoms with Crippen LogP contribution in [0.2, 0.25) is 0 Å². The van der Waals surface area contributed by atoms with Crippen LogP contribution in [0.1, 0.15) is 44.9 Å². The molecule has 170 valence electrons. The van der Waals surface area contributed by atoms with Crippen molar-refractivity contribution in [3.05, 3.63) is 65.2 Å². The number of aliphatic hydroxyl groups excluding tert-OH is 2. The molecule has 10 heteroatoms. The lowest BCUT2D eigenvalue weighted by atomic mass is 10.1. The van der Waals surface area contributed by atoms with E-state index in [1.807, 2.05) is 0 Å². The van der Waals surface area contributed by atoms with Crippen molar-refractivity contribution in [2.24, 2.45) is 0 Å². The maximum Gasteiger partial charge on any atom is 0.339 e. The number of ether oxygens (including phenoxy) is 1. The number of phenols is 1. The fraction of sp³-hybridized carbons (Fsp3) is 0.286. The summed E-state index contributed by atoms with van der Waals surface area (Å²) in [6.45, 7) is 3.70. The average Bonchev–Trinajstić information content (AvgIpc) is 2.72. The van der Waals surface area contributed by atoms with E-state index in [0.29, 0.717) is 6.61 Å². The molecule has 2 rings (SSSR count). The van der Waals surface area contributed by atoms with Crippen molar-refractivity contribution in [1.82, 2.24) is 0 Å². The van der Waals surface area contributed by atoms with Gasteiger partial charge in [-0.2, -0.15) is 0 Å². The zero-order chi connectivity index (χ0) is 24.0. The van der Waals surface area contributed by atoms with Gasteiger partial charge in [0.25, 0.3) is 0 Å². The molecule has 0 radical (unpaired) electrons. The Balaban J connectivity index is 0.000000441. The monoisotopic (exact) mass is 438 g/mol. The molecule has 0 spiro atoms. The first-order valence-electron chi connectivity index (χ1n) is 8.98. The Kier molecular flexibility index (Phi) is 12.9. The van der Waals surface area contributed by atoms with E-state index < -0.39 is 24.0 Å². The Morgan fingerprint density at radius 3 is 1.48 bits per heavy atom. The second-order valence-electron chi connectivity index (χ2n) is 6.15. The molecule has 10 nitrogen and oxygen atoms in total. The maximum absolute atomic E-state index is 10.5. The molecule has 2 aromatic rings. The maximum atomic E-state index is 10.5. The molecule has 0 aliphatic rings. The van der Waals surface area contributed by atoms with E-state index in [-0.39, 0.29) is 35.2 Å². The number of carboxylic acid groups (broad SMARTS) is 3. The van der Waals surface area contributed by atoms with Crippen molar-refractivity contribution < 1.29 is 49.8 Å². The highest BCUT2D eigenvalue weighted by molar-refractivity contribution is 6.01. The minimum atomic E-state index is -1.23. The van der Waals surface area contributed by atoms with Gasteiger partial charge in [0.2, 0.25) is 0 Å². The number of hydrogen-bond donors (Lipinski definition) is 6. The SMILES string of the molecule is CC(O)COC(C)CO.O=C(O)c1ccccc1C(=O)O.O=C(O)c1ccccc1O. The molecule has 0 aromatic heterocycles. The van der Waals surface area contributed by atoms with Gasteiger partial charge in [-0.15, -0.1) is 0 Å². The average molecular weight is 438 g/mol. The van der Waals surface area contributed by atoms with E-state index in [1.54, 1.807) is 26.0 Å².